The molecule has 0 saturated carbocycles. The van der Waals surface area contributed by atoms with E-state index >= 15 is 0 Å². The van der Waals surface area contributed by atoms with Crippen molar-refractivity contribution in [1.29, 1.82) is 0 Å². The lowest BCUT2D eigenvalue weighted by Crippen LogP contribution is -2.23. The Hall–Kier alpha value is -3.26. The number of benzene rings is 1. The van der Waals surface area contributed by atoms with E-state index in [9.17, 15) is 4.79 Å². The highest BCUT2D eigenvalue weighted by atomic mass is 16.7. The topological polar surface area (TPSA) is 99.4 Å². The van der Waals surface area contributed by atoms with Gasteiger partial charge in [0.25, 0.3) is 0 Å². The van der Waals surface area contributed by atoms with E-state index in [4.69, 9.17) is 14.0 Å². The molecular weight excluding hydrogens is 348 g/mol. The van der Waals surface area contributed by atoms with Gasteiger partial charge in [0, 0.05) is 30.4 Å². The van der Waals surface area contributed by atoms with Crippen LogP contribution in [0, 0.1) is 0 Å². The number of ether oxygens (including phenoxy) is 2. The molecular formula is C19H18N4O4. The second kappa shape index (κ2) is 7.96. The van der Waals surface area contributed by atoms with Crippen molar-refractivity contribution in [1.82, 2.24) is 20.4 Å². The van der Waals surface area contributed by atoms with Gasteiger partial charge in [0.2, 0.25) is 5.91 Å². The Morgan fingerprint density at radius 3 is 3.07 bits per heavy atom. The van der Waals surface area contributed by atoms with Crippen molar-refractivity contribution in [2.75, 3.05) is 6.79 Å². The third-order valence-corrected chi connectivity index (χ3v) is 4.24. The average Bonchev–Trinajstić information content (AvgIpc) is 3.20. The van der Waals surface area contributed by atoms with Crippen LogP contribution in [0.2, 0.25) is 0 Å². The summed E-state index contributed by atoms with van der Waals surface area (Å²) in [6.45, 7) is 1.05. The van der Waals surface area contributed by atoms with Gasteiger partial charge in [-0.05, 0) is 18.1 Å². The molecule has 1 aliphatic rings. The molecule has 0 aliphatic carbocycles. The first-order valence-corrected chi connectivity index (χ1v) is 8.59. The maximum absolute atomic E-state index is 12.2. The van der Waals surface area contributed by atoms with Crippen LogP contribution in [0.25, 0.3) is 11.4 Å². The quantitative estimate of drug-likeness (QED) is 0.714. The smallest absolute Gasteiger partial charge is 0.220 e. The van der Waals surface area contributed by atoms with Crippen LogP contribution < -0.4 is 10.1 Å². The molecule has 1 aromatic carbocycles. The molecule has 8 heteroatoms. The number of rotatable bonds is 6. The summed E-state index contributed by atoms with van der Waals surface area (Å²) in [6.07, 6.45) is 5.76. The van der Waals surface area contributed by atoms with E-state index in [0.29, 0.717) is 36.6 Å². The molecule has 0 atom stereocenters. The van der Waals surface area contributed by atoms with Crippen molar-refractivity contribution >= 4 is 5.91 Å². The van der Waals surface area contributed by atoms with Gasteiger partial charge in [-0.1, -0.05) is 17.3 Å². The predicted octanol–water partition coefficient (Wildman–Crippen LogP) is 2.25. The summed E-state index contributed by atoms with van der Waals surface area (Å²) in [5, 5.41) is 6.79. The number of fused-ring (bicyclic) bond motifs is 1. The summed E-state index contributed by atoms with van der Waals surface area (Å²) < 4.78 is 16.0. The minimum Gasteiger partial charge on any atom is -0.467 e. The van der Waals surface area contributed by atoms with Gasteiger partial charge < -0.3 is 19.3 Å². The van der Waals surface area contributed by atoms with Gasteiger partial charge in [0.1, 0.15) is 17.1 Å². The number of amides is 1. The molecule has 0 unspecified atom stereocenters. The molecule has 4 rings (SSSR count). The molecule has 3 heterocycles. The summed E-state index contributed by atoms with van der Waals surface area (Å²) in [5.41, 5.74) is 3.28. The number of aryl methyl sites for hydroxylation is 1. The summed E-state index contributed by atoms with van der Waals surface area (Å²) in [6, 6.07) is 7.58. The Morgan fingerprint density at radius 2 is 2.19 bits per heavy atom. The lowest BCUT2D eigenvalue weighted by molar-refractivity contribution is -0.121. The number of aromatic nitrogens is 3. The highest BCUT2D eigenvalue weighted by Crippen LogP contribution is 2.27. The third kappa shape index (κ3) is 4.12. The molecule has 3 aromatic rings. The van der Waals surface area contributed by atoms with E-state index in [-0.39, 0.29) is 19.2 Å². The standard InChI is InChI=1S/C19H18N4O4/c24-19(5-4-13-2-1-3-18-15(13)11-25-12-26-18)22-9-14-8-16(23-27-14)17-10-20-6-7-21-17/h1-3,6-8,10H,4-5,9,11-12H2,(H,22,24). The lowest BCUT2D eigenvalue weighted by atomic mass is 10.0. The second-order valence-corrected chi connectivity index (χ2v) is 6.05. The van der Waals surface area contributed by atoms with Gasteiger partial charge in [0.15, 0.2) is 12.6 Å². The van der Waals surface area contributed by atoms with Crippen LogP contribution >= 0.6 is 0 Å². The van der Waals surface area contributed by atoms with Gasteiger partial charge in [-0.2, -0.15) is 0 Å². The maximum atomic E-state index is 12.2. The molecule has 138 valence electrons. The number of nitrogens with one attached hydrogen (secondary N) is 1. The molecule has 0 radical (unpaired) electrons. The molecule has 27 heavy (non-hydrogen) atoms. The second-order valence-electron chi connectivity index (χ2n) is 6.05. The van der Waals surface area contributed by atoms with Crippen molar-refractivity contribution in [2.45, 2.75) is 26.0 Å². The van der Waals surface area contributed by atoms with E-state index in [1.54, 1.807) is 24.7 Å². The molecule has 0 saturated heterocycles. The summed E-state index contributed by atoms with van der Waals surface area (Å²) in [5.74, 6) is 1.32. The van der Waals surface area contributed by atoms with Crippen molar-refractivity contribution in [3.8, 4) is 17.1 Å². The van der Waals surface area contributed by atoms with Crippen LogP contribution in [-0.4, -0.2) is 27.8 Å². The van der Waals surface area contributed by atoms with Gasteiger partial charge in [0.05, 0.1) is 19.3 Å². The molecule has 1 aliphatic heterocycles. The van der Waals surface area contributed by atoms with Gasteiger partial charge >= 0.3 is 0 Å². The summed E-state index contributed by atoms with van der Waals surface area (Å²) >= 11 is 0. The molecule has 0 fully saturated rings. The van der Waals surface area contributed by atoms with E-state index in [0.717, 1.165) is 16.9 Å². The third-order valence-electron chi connectivity index (χ3n) is 4.24. The molecule has 1 amide bonds. The van der Waals surface area contributed by atoms with E-state index in [1.165, 1.54) is 0 Å². The fraction of sp³-hybridized carbons (Fsp3) is 0.263. The molecule has 1 N–H and O–H groups in total. The Kier molecular flexibility index (Phi) is 5.06. The number of nitrogens with zero attached hydrogens (tertiary/aromatic N) is 3. The zero-order chi connectivity index (χ0) is 18.5. The molecule has 2 aromatic heterocycles. The molecule has 0 spiro atoms. The minimum absolute atomic E-state index is 0.0669. The molecule has 0 bridgehead atoms. The SMILES string of the molecule is O=C(CCc1cccc2c1COCO2)NCc1cc(-c2cnccn2)no1. The van der Waals surface area contributed by atoms with Crippen molar-refractivity contribution < 1.29 is 18.8 Å². The fourth-order valence-corrected chi connectivity index (χ4v) is 2.86. The summed E-state index contributed by atoms with van der Waals surface area (Å²) in [4.78, 5) is 20.3. The van der Waals surface area contributed by atoms with Crippen LogP contribution in [0.15, 0.2) is 47.4 Å². The van der Waals surface area contributed by atoms with Crippen molar-refractivity contribution in [2.24, 2.45) is 0 Å². The first kappa shape index (κ1) is 17.2. The number of carbonyl (C=O) groups is 1. The minimum atomic E-state index is -0.0669. The Balaban J connectivity index is 1.30. The van der Waals surface area contributed by atoms with Gasteiger partial charge in [-0.25, -0.2) is 0 Å². The van der Waals surface area contributed by atoms with E-state index in [2.05, 4.69) is 20.4 Å². The number of hydrogen-bond donors (Lipinski definition) is 1. The van der Waals surface area contributed by atoms with Crippen molar-refractivity contribution in [3.63, 3.8) is 0 Å². The first-order chi connectivity index (χ1) is 13.3. The largest absolute Gasteiger partial charge is 0.467 e. The van der Waals surface area contributed by atoms with Crippen LogP contribution in [-0.2, 0) is 29.1 Å². The van der Waals surface area contributed by atoms with E-state index < -0.39 is 0 Å². The van der Waals surface area contributed by atoms with Gasteiger partial charge in [-0.15, -0.1) is 0 Å². The van der Waals surface area contributed by atoms with Gasteiger partial charge in [-0.3, -0.25) is 14.8 Å². The normalized spacial score (nSPS) is 12.9. The predicted molar refractivity (Wildman–Crippen MR) is 94.4 cm³/mol. The van der Waals surface area contributed by atoms with Crippen LogP contribution in [0.5, 0.6) is 5.75 Å². The maximum Gasteiger partial charge on any atom is 0.220 e. The fourth-order valence-electron chi connectivity index (χ4n) is 2.86. The van der Waals surface area contributed by atoms with Crippen LogP contribution in [0.1, 0.15) is 23.3 Å². The number of carbonyl (C=O) groups excluding carboxylic acids is 1. The van der Waals surface area contributed by atoms with E-state index in [1.807, 2.05) is 18.2 Å². The zero-order valence-corrected chi connectivity index (χ0v) is 14.6. The number of hydrogen-bond acceptors (Lipinski definition) is 7. The highest BCUT2D eigenvalue weighted by Gasteiger charge is 2.15. The highest BCUT2D eigenvalue weighted by molar-refractivity contribution is 5.76. The van der Waals surface area contributed by atoms with Crippen LogP contribution in [0.4, 0.5) is 0 Å². The Labute approximate surface area is 155 Å². The lowest BCUT2D eigenvalue weighted by Gasteiger charge is -2.20. The first-order valence-electron chi connectivity index (χ1n) is 8.59. The monoisotopic (exact) mass is 366 g/mol. The van der Waals surface area contributed by atoms with Crippen LogP contribution in [0.3, 0.4) is 0 Å². The zero-order valence-electron chi connectivity index (χ0n) is 14.6. The summed E-state index contributed by atoms with van der Waals surface area (Å²) in [7, 11) is 0. The Morgan fingerprint density at radius 1 is 1.22 bits per heavy atom. The Bertz CT molecular complexity index is 926. The van der Waals surface area contributed by atoms with Crippen molar-refractivity contribution in [3.05, 3.63) is 59.7 Å². The molecule has 8 nitrogen and oxygen atoms in total. The average molecular weight is 366 g/mol.